The van der Waals surface area contributed by atoms with E-state index >= 15 is 0 Å². The van der Waals surface area contributed by atoms with Gasteiger partial charge in [0.25, 0.3) is 0 Å². The predicted molar refractivity (Wildman–Crippen MR) is 167 cm³/mol. The Kier molecular flexibility index (Phi) is 15.7. The molecule has 204 valence electrons. The Morgan fingerprint density at radius 1 is 1.11 bits per heavy atom. The van der Waals surface area contributed by atoms with Crippen LogP contribution < -0.4 is 0 Å². The van der Waals surface area contributed by atoms with Crippen LogP contribution in [0.3, 0.4) is 0 Å². The van der Waals surface area contributed by atoms with Crippen LogP contribution in [0.1, 0.15) is 72.6 Å². The molecule has 0 aromatic rings. The van der Waals surface area contributed by atoms with E-state index in [-0.39, 0.29) is 0 Å². The van der Waals surface area contributed by atoms with Gasteiger partial charge in [-0.3, -0.25) is 4.90 Å². The Labute approximate surface area is 233 Å². The minimum Gasteiger partial charge on any atom is -0.498 e. The minimum absolute atomic E-state index is 0.369. The van der Waals surface area contributed by atoms with Crippen LogP contribution in [-0.2, 0) is 4.74 Å². The van der Waals surface area contributed by atoms with Crippen LogP contribution in [0.2, 0.25) is 0 Å². The lowest BCUT2D eigenvalue weighted by Crippen LogP contribution is -2.30. The summed E-state index contributed by atoms with van der Waals surface area (Å²) in [6.45, 7) is 16.1. The van der Waals surface area contributed by atoms with Gasteiger partial charge in [-0.25, -0.2) is 0 Å². The van der Waals surface area contributed by atoms with Gasteiger partial charge >= 0.3 is 0 Å². The van der Waals surface area contributed by atoms with Crippen molar-refractivity contribution in [3.8, 4) is 11.8 Å². The summed E-state index contributed by atoms with van der Waals surface area (Å²) in [6, 6.07) is 0. The van der Waals surface area contributed by atoms with Crippen LogP contribution in [0.15, 0.2) is 108 Å². The first kappa shape index (κ1) is 31.2. The molecule has 0 saturated heterocycles. The standard InChI is InChI=1S/C36H49NO/c1-6-10-11-12-13-18-33-24-27-37(28-25-33)30-34-20-15-19-32(22-23-34)26-29-38-36(9-4)21-14-17-31(5)35(8-3)16-7-2/h6,10-13,17,19-24,35H,1,8-9,14-15,18,25-30H2,2-5H3/b11-10-,13-12-,31-17+,36-21+. The zero-order valence-corrected chi connectivity index (χ0v) is 24.3. The average molecular weight is 512 g/mol. The first-order valence-corrected chi connectivity index (χ1v) is 14.4. The molecule has 0 spiro atoms. The number of rotatable bonds is 15. The molecule has 38 heavy (non-hydrogen) atoms. The largest absolute Gasteiger partial charge is 0.498 e. The van der Waals surface area contributed by atoms with E-state index in [2.05, 4.69) is 98.8 Å². The van der Waals surface area contributed by atoms with Gasteiger partial charge in [0.1, 0.15) is 0 Å². The Morgan fingerprint density at radius 2 is 1.92 bits per heavy atom. The van der Waals surface area contributed by atoms with Gasteiger partial charge in [-0.05, 0) is 63.2 Å². The van der Waals surface area contributed by atoms with Gasteiger partial charge in [-0.1, -0.05) is 104 Å². The topological polar surface area (TPSA) is 12.5 Å². The summed E-state index contributed by atoms with van der Waals surface area (Å²) in [7, 11) is 0. The minimum atomic E-state index is 0.369. The molecule has 2 heteroatoms. The van der Waals surface area contributed by atoms with Crippen LogP contribution in [0.5, 0.6) is 0 Å². The third kappa shape index (κ3) is 12.5. The molecule has 1 atom stereocenters. The number of allylic oxidation sites excluding steroid dienone is 12. The van der Waals surface area contributed by atoms with E-state index < -0.39 is 0 Å². The normalized spacial score (nSPS) is 17.9. The van der Waals surface area contributed by atoms with Crippen molar-refractivity contribution >= 4 is 0 Å². The lowest BCUT2D eigenvalue weighted by Gasteiger charge is -2.26. The molecule has 2 aliphatic rings. The summed E-state index contributed by atoms with van der Waals surface area (Å²) in [5.74, 6) is 7.81. The van der Waals surface area contributed by atoms with Crippen molar-refractivity contribution in [3.05, 3.63) is 108 Å². The second-order valence-electron chi connectivity index (χ2n) is 9.89. The van der Waals surface area contributed by atoms with Gasteiger partial charge in [0.15, 0.2) is 0 Å². The molecule has 0 aromatic heterocycles. The monoisotopic (exact) mass is 511 g/mol. The molecule has 0 N–H and O–H groups in total. The van der Waals surface area contributed by atoms with Crippen molar-refractivity contribution in [2.75, 3.05) is 26.2 Å². The fourth-order valence-electron chi connectivity index (χ4n) is 4.63. The highest BCUT2D eigenvalue weighted by Crippen LogP contribution is 2.20. The van der Waals surface area contributed by atoms with Crippen molar-refractivity contribution < 1.29 is 4.74 Å². The Morgan fingerprint density at radius 3 is 2.63 bits per heavy atom. The van der Waals surface area contributed by atoms with Crippen molar-refractivity contribution in [2.24, 2.45) is 5.92 Å². The van der Waals surface area contributed by atoms with E-state index in [4.69, 9.17) is 4.74 Å². The molecule has 0 saturated carbocycles. The molecule has 0 amide bonds. The maximum absolute atomic E-state index is 6.14. The molecule has 0 bridgehead atoms. The SMILES string of the molecule is C=C/C=C\C=C/CC1=CCN(CC2=CCC=C(CCO/C(=C/C/C=C(\C)C(C#CC)CC)CC)C=C2)CC1. The van der Waals surface area contributed by atoms with Crippen LogP contribution in [0.4, 0.5) is 0 Å². The van der Waals surface area contributed by atoms with Gasteiger partial charge in [-0.2, -0.15) is 0 Å². The van der Waals surface area contributed by atoms with Crippen molar-refractivity contribution in [1.82, 2.24) is 4.90 Å². The highest BCUT2D eigenvalue weighted by molar-refractivity contribution is 5.33. The Bertz CT molecular complexity index is 1040. The molecule has 1 aliphatic carbocycles. The Hall–Kier alpha value is -3.02. The molecule has 1 unspecified atom stereocenters. The fraction of sp³-hybridized carbons (Fsp3) is 0.444. The zero-order chi connectivity index (χ0) is 27.4. The quantitative estimate of drug-likeness (QED) is 0.0940. The lowest BCUT2D eigenvalue weighted by molar-refractivity contribution is 0.207. The van der Waals surface area contributed by atoms with Crippen molar-refractivity contribution in [3.63, 3.8) is 0 Å². The van der Waals surface area contributed by atoms with E-state index in [0.717, 1.165) is 76.9 Å². The van der Waals surface area contributed by atoms with Crippen molar-refractivity contribution in [1.29, 1.82) is 0 Å². The van der Waals surface area contributed by atoms with Crippen LogP contribution in [0, 0.1) is 17.8 Å². The molecule has 0 aromatic carbocycles. The molecule has 1 aliphatic heterocycles. The van der Waals surface area contributed by atoms with Gasteiger partial charge in [-0.15, -0.1) is 5.92 Å². The summed E-state index contributed by atoms with van der Waals surface area (Å²) in [6.07, 6.45) is 33.4. The van der Waals surface area contributed by atoms with Crippen LogP contribution in [0.25, 0.3) is 0 Å². The molecular formula is C36H49NO. The van der Waals surface area contributed by atoms with Crippen LogP contribution in [-0.4, -0.2) is 31.1 Å². The van der Waals surface area contributed by atoms with E-state index in [0.29, 0.717) is 5.92 Å². The predicted octanol–water partition coefficient (Wildman–Crippen LogP) is 9.21. The number of ether oxygens (including phenoxy) is 1. The third-order valence-corrected chi connectivity index (χ3v) is 7.03. The number of hydrogen-bond donors (Lipinski definition) is 0. The maximum atomic E-state index is 6.14. The molecule has 2 nitrogen and oxygen atoms in total. The van der Waals surface area contributed by atoms with E-state index in [1.54, 1.807) is 11.6 Å². The maximum Gasteiger partial charge on any atom is 0.0920 e. The number of nitrogens with zero attached hydrogens (tertiary/aromatic N) is 1. The average Bonchev–Trinajstić information content (AvgIpc) is 3.16. The number of hydrogen-bond acceptors (Lipinski definition) is 2. The summed E-state index contributed by atoms with van der Waals surface area (Å²) in [5.41, 5.74) is 5.68. The molecule has 2 rings (SSSR count). The van der Waals surface area contributed by atoms with Gasteiger partial charge in [0.05, 0.1) is 12.4 Å². The first-order valence-electron chi connectivity index (χ1n) is 14.4. The van der Waals surface area contributed by atoms with E-state index in [1.165, 1.54) is 16.7 Å². The molecular weight excluding hydrogens is 462 g/mol. The van der Waals surface area contributed by atoms with Crippen LogP contribution >= 0.6 is 0 Å². The van der Waals surface area contributed by atoms with E-state index in [9.17, 15) is 0 Å². The van der Waals surface area contributed by atoms with E-state index in [1.807, 2.05) is 19.1 Å². The molecule has 0 fully saturated rings. The van der Waals surface area contributed by atoms with Crippen molar-refractivity contribution in [2.45, 2.75) is 72.6 Å². The second-order valence-corrected chi connectivity index (χ2v) is 9.89. The lowest BCUT2D eigenvalue weighted by atomic mass is 9.97. The van der Waals surface area contributed by atoms with Gasteiger partial charge in [0, 0.05) is 38.4 Å². The van der Waals surface area contributed by atoms with Gasteiger partial charge < -0.3 is 4.74 Å². The van der Waals surface area contributed by atoms with Gasteiger partial charge in [0.2, 0.25) is 0 Å². The first-order chi connectivity index (χ1) is 18.6. The smallest absolute Gasteiger partial charge is 0.0920 e. The summed E-state index contributed by atoms with van der Waals surface area (Å²) in [4.78, 5) is 2.54. The summed E-state index contributed by atoms with van der Waals surface area (Å²) in [5, 5.41) is 0. The zero-order valence-electron chi connectivity index (χ0n) is 24.3. The third-order valence-electron chi connectivity index (χ3n) is 7.03. The summed E-state index contributed by atoms with van der Waals surface area (Å²) >= 11 is 0. The summed E-state index contributed by atoms with van der Waals surface area (Å²) < 4.78 is 6.14. The Balaban J connectivity index is 1.75. The fourth-order valence-corrected chi connectivity index (χ4v) is 4.63. The highest BCUT2D eigenvalue weighted by atomic mass is 16.5. The molecule has 1 heterocycles. The molecule has 0 radical (unpaired) electrons. The second kappa shape index (κ2) is 19.1. The highest BCUT2D eigenvalue weighted by Gasteiger charge is 2.12.